The summed E-state index contributed by atoms with van der Waals surface area (Å²) in [5.41, 5.74) is 2.75. The summed E-state index contributed by atoms with van der Waals surface area (Å²) < 4.78 is 4.96. The third-order valence-electron chi connectivity index (χ3n) is 2.21. The van der Waals surface area contributed by atoms with E-state index in [4.69, 9.17) is 4.74 Å². The van der Waals surface area contributed by atoms with Crippen molar-refractivity contribution >= 4 is 0 Å². The van der Waals surface area contributed by atoms with Crippen molar-refractivity contribution in [1.29, 1.82) is 0 Å². The molecule has 1 aromatic carbocycles. The highest BCUT2D eigenvalue weighted by molar-refractivity contribution is 5.23. The molecule has 0 radical (unpaired) electrons. The first-order valence-corrected chi connectivity index (χ1v) is 5.14. The molecule has 14 heavy (non-hydrogen) atoms. The van der Waals surface area contributed by atoms with E-state index >= 15 is 0 Å². The summed E-state index contributed by atoms with van der Waals surface area (Å²) in [7, 11) is 1.72. The molecule has 2 heteroatoms. The van der Waals surface area contributed by atoms with Crippen LogP contribution in [0.1, 0.15) is 18.1 Å². The fraction of sp³-hybridized carbons (Fsp3) is 0.500. The fourth-order valence-corrected chi connectivity index (χ4v) is 1.37. The molecule has 0 atom stereocenters. The van der Waals surface area contributed by atoms with Gasteiger partial charge in [0.1, 0.15) is 0 Å². The van der Waals surface area contributed by atoms with Crippen LogP contribution in [0, 0.1) is 0 Å². The van der Waals surface area contributed by atoms with Crippen molar-refractivity contribution < 1.29 is 4.74 Å². The van der Waals surface area contributed by atoms with Gasteiger partial charge in [-0.2, -0.15) is 0 Å². The van der Waals surface area contributed by atoms with Crippen molar-refractivity contribution in [2.24, 2.45) is 0 Å². The van der Waals surface area contributed by atoms with Gasteiger partial charge in [-0.25, -0.2) is 0 Å². The second-order valence-electron chi connectivity index (χ2n) is 3.34. The molecule has 0 amide bonds. The van der Waals surface area contributed by atoms with E-state index in [1.165, 1.54) is 11.1 Å². The minimum absolute atomic E-state index is 0.771. The first-order valence-electron chi connectivity index (χ1n) is 5.14. The molecular formula is C12H19NO. The largest absolute Gasteiger partial charge is 0.383 e. The Kier molecular flexibility index (Phi) is 5.27. The summed E-state index contributed by atoms with van der Waals surface area (Å²) in [6, 6.07) is 8.68. The van der Waals surface area contributed by atoms with Crippen LogP contribution in [0.3, 0.4) is 0 Å². The lowest BCUT2D eigenvalue weighted by Gasteiger charge is -2.05. The molecule has 0 heterocycles. The van der Waals surface area contributed by atoms with E-state index in [-0.39, 0.29) is 0 Å². The van der Waals surface area contributed by atoms with Crippen LogP contribution in [-0.2, 0) is 17.7 Å². The van der Waals surface area contributed by atoms with Gasteiger partial charge in [0.25, 0.3) is 0 Å². The van der Waals surface area contributed by atoms with Crippen LogP contribution in [0.5, 0.6) is 0 Å². The molecule has 1 rings (SSSR count). The third kappa shape index (κ3) is 3.90. The maximum absolute atomic E-state index is 4.96. The van der Waals surface area contributed by atoms with E-state index in [9.17, 15) is 0 Å². The summed E-state index contributed by atoms with van der Waals surface area (Å²) in [4.78, 5) is 0. The van der Waals surface area contributed by atoms with E-state index in [2.05, 4.69) is 36.5 Å². The summed E-state index contributed by atoms with van der Waals surface area (Å²) in [6.45, 7) is 4.79. The van der Waals surface area contributed by atoms with Crippen molar-refractivity contribution in [3.63, 3.8) is 0 Å². The topological polar surface area (TPSA) is 21.3 Å². The Morgan fingerprint density at radius 1 is 1.29 bits per heavy atom. The quantitative estimate of drug-likeness (QED) is 0.698. The lowest BCUT2D eigenvalue weighted by atomic mass is 10.1. The number of nitrogens with one attached hydrogen (secondary N) is 1. The number of hydrogen-bond acceptors (Lipinski definition) is 2. The zero-order valence-electron chi connectivity index (χ0n) is 9.05. The highest BCUT2D eigenvalue weighted by Gasteiger charge is 1.93. The standard InChI is InChI=1S/C12H19NO/c1-3-11-5-4-6-12(9-11)10-13-7-8-14-2/h4-6,9,13H,3,7-8,10H2,1-2H3. The lowest BCUT2D eigenvalue weighted by molar-refractivity contribution is 0.199. The second kappa shape index (κ2) is 6.57. The molecule has 1 aromatic rings. The number of hydrogen-bond donors (Lipinski definition) is 1. The van der Waals surface area contributed by atoms with Crippen LogP contribution in [0.15, 0.2) is 24.3 Å². The van der Waals surface area contributed by atoms with Gasteiger partial charge in [0.2, 0.25) is 0 Å². The van der Waals surface area contributed by atoms with Gasteiger partial charge in [-0.15, -0.1) is 0 Å². The van der Waals surface area contributed by atoms with E-state index in [1.807, 2.05) is 0 Å². The predicted octanol–water partition coefficient (Wildman–Crippen LogP) is 1.99. The average Bonchev–Trinajstić information content (AvgIpc) is 2.25. The Hall–Kier alpha value is -0.860. The van der Waals surface area contributed by atoms with E-state index in [0.717, 1.165) is 26.1 Å². The van der Waals surface area contributed by atoms with Crippen molar-refractivity contribution in [2.75, 3.05) is 20.3 Å². The highest BCUT2D eigenvalue weighted by Crippen LogP contribution is 2.05. The maximum atomic E-state index is 4.96. The van der Waals surface area contributed by atoms with Gasteiger partial charge in [0, 0.05) is 20.2 Å². The number of methoxy groups -OCH3 is 1. The molecule has 0 bridgehead atoms. The first kappa shape index (κ1) is 11.2. The van der Waals surface area contributed by atoms with Gasteiger partial charge in [0.15, 0.2) is 0 Å². The Morgan fingerprint density at radius 2 is 2.07 bits per heavy atom. The predicted molar refractivity (Wildman–Crippen MR) is 59.4 cm³/mol. The molecule has 78 valence electrons. The molecule has 0 aromatic heterocycles. The van der Waals surface area contributed by atoms with Gasteiger partial charge in [-0.05, 0) is 17.5 Å². The van der Waals surface area contributed by atoms with Gasteiger partial charge in [-0.3, -0.25) is 0 Å². The fourth-order valence-electron chi connectivity index (χ4n) is 1.37. The molecule has 0 saturated carbocycles. The van der Waals surface area contributed by atoms with E-state index in [0.29, 0.717) is 0 Å². The third-order valence-corrected chi connectivity index (χ3v) is 2.21. The zero-order valence-corrected chi connectivity index (χ0v) is 9.05. The van der Waals surface area contributed by atoms with Gasteiger partial charge in [0.05, 0.1) is 6.61 Å². The van der Waals surface area contributed by atoms with Crippen molar-refractivity contribution in [3.05, 3.63) is 35.4 Å². The smallest absolute Gasteiger partial charge is 0.0587 e. The molecule has 0 fully saturated rings. The normalized spacial score (nSPS) is 10.4. The Labute approximate surface area is 86.3 Å². The minimum Gasteiger partial charge on any atom is -0.383 e. The molecule has 2 nitrogen and oxygen atoms in total. The average molecular weight is 193 g/mol. The van der Waals surface area contributed by atoms with Crippen molar-refractivity contribution in [1.82, 2.24) is 5.32 Å². The zero-order chi connectivity index (χ0) is 10.2. The van der Waals surface area contributed by atoms with E-state index in [1.54, 1.807) is 7.11 Å². The summed E-state index contributed by atoms with van der Waals surface area (Å²) in [6.07, 6.45) is 1.10. The maximum Gasteiger partial charge on any atom is 0.0587 e. The Bertz CT molecular complexity index is 260. The molecule has 0 aliphatic carbocycles. The monoisotopic (exact) mass is 193 g/mol. The molecule has 0 unspecified atom stereocenters. The number of benzene rings is 1. The molecule has 0 saturated heterocycles. The van der Waals surface area contributed by atoms with Crippen LogP contribution in [0.25, 0.3) is 0 Å². The number of rotatable bonds is 6. The molecule has 0 spiro atoms. The molecular weight excluding hydrogens is 174 g/mol. The van der Waals surface area contributed by atoms with Crippen molar-refractivity contribution in [3.8, 4) is 0 Å². The van der Waals surface area contributed by atoms with Gasteiger partial charge < -0.3 is 10.1 Å². The lowest BCUT2D eigenvalue weighted by Crippen LogP contribution is -2.18. The molecule has 1 N–H and O–H groups in total. The van der Waals surface area contributed by atoms with Crippen LogP contribution in [0.2, 0.25) is 0 Å². The Morgan fingerprint density at radius 3 is 2.79 bits per heavy atom. The van der Waals surface area contributed by atoms with Crippen LogP contribution in [0.4, 0.5) is 0 Å². The SMILES string of the molecule is CCc1cccc(CNCCOC)c1. The van der Waals surface area contributed by atoms with Crippen LogP contribution in [-0.4, -0.2) is 20.3 Å². The van der Waals surface area contributed by atoms with Gasteiger partial charge >= 0.3 is 0 Å². The number of aryl methyl sites for hydroxylation is 1. The Balaban J connectivity index is 2.34. The molecule has 0 aliphatic rings. The van der Waals surface area contributed by atoms with E-state index < -0.39 is 0 Å². The summed E-state index contributed by atoms with van der Waals surface area (Å²) in [5.74, 6) is 0. The van der Waals surface area contributed by atoms with Gasteiger partial charge in [-0.1, -0.05) is 31.2 Å². The number of ether oxygens (including phenoxy) is 1. The molecule has 0 aliphatic heterocycles. The van der Waals surface area contributed by atoms with Crippen LogP contribution < -0.4 is 5.32 Å². The summed E-state index contributed by atoms with van der Waals surface area (Å²) >= 11 is 0. The summed E-state index contributed by atoms with van der Waals surface area (Å²) in [5, 5.41) is 3.33. The van der Waals surface area contributed by atoms with Crippen molar-refractivity contribution in [2.45, 2.75) is 19.9 Å². The highest BCUT2D eigenvalue weighted by atomic mass is 16.5. The van der Waals surface area contributed by atoms with Crippen LogP contribution >= 0.6 is 0 Å². The minimum atomic E-state index is 0.771. The second-order valence-corrected chi connectivity index (χ2v) is 3.34. The first-order chi connectivity index (χ1) is 6.86.